The van der Waals surface area contributed by atoms with Crippen molar-refractivity contribution in [3.8, 4) is 46.8 Å². The highest BCUT2D eigenvalue weighted by molar-refractivity contribution is 8.03. The molecule has 1 unspecified atom stereocenters. The maximum atomic E-state index is 13.8. The Labute approximate surface area is 306 Å². The largest absolute Gasteiger partial charge is 0.482 e. The molecule has 1 aliphatic carbocycles. The number of carboxylic acids is 1. The molecule has 1 N–H and O–H groups in total. The van der Waals surface area contributed by atoms with Gasteiger partial charge in [0.25, 0.3) is 0 Å². The van der Waals surface area contributed by atoms with Gasteiger partial charge in [-0.15, -0.1) is 18.2 Å². The number of allylic oxidation sites excluding steroid dienone is 3. The lowest BCUT2D eigenvalue weighted by Crippen LogP contribution is -2.09. The number of aryl methyl sites for hydroxylation is 2. The maximum absolute atomic E-state index is 13.8. The summed E-state index contributed by atoms with van der Waals surface area (Å²) in [4.78, 5) is 48.7. The first-order valence-corrected chi connectivity index (χ1v) is 17.6. The van der Waals surface area contributed by atoms with Crippen molar-refractivity contribution in [1.29, 1.82) is 0 Å². The quantitative estimate of drug-likeness (QED) is 0.0621. The van der Waals surface area contributed by atoms with Gasteiger partial charge in [0.05, 0.1) is 10.2 Å². The first kappa shape index (κ1) is 36.7. The third-order valence-corrected chi connectivity index (χ3v) is 10.0. The Morgan fingerprint density at radius 3 is 2.41 bits per heavy atom. The Balaban J connectivity index is 1.43. The topological polar surface area (TPSA) is 99.1 Å². The molecule has 1 aliphatic rings. The van der Waals surface area contributed by atoms with Gasteiger partial charge in [0.2, 0.25) is 0 Å². The monoisotopic (exact) mass is 714 g/mol. The van der Waals surface area contributed by atoms with Crippen molar-refractivity contribution < 1.29 is 34.0 Å². The molecule has 0 spiro atoms. The molecule has 9 heteroatoms. The average Bonchev–Trinajstić information content (AvgIpc) is 3.40. The first-order chi connectivity index (χ1) is 24.5. The van der Waals surface area contributed by atoms with E-state index in [1.165, 1.54) is 30.4 Å². The van der Waals surface area contributed by atoms with Crippen LogP contribution in [0.2, 0.25) is 0 Å². The molecule has 0 amide bonds. The number of carboxylic acid groups (broad SMARTS) is 1. The van der Waals surface area contributed by atoms with Crippen LogP contribution in [-0.2, 0) is 14.5 Å². The van der Waals surface area contributed by atoms with Crippen LogP contribution in [0.15, 0.2) is 105 Å². The van der Waals surface area contributed by atoms with Gasteiger partial charge in [0.1, 0.15) is 5.75 Å². The molecule has 0 bridgehead atoms. The van der Waals surface area contributed by atoms with Crippen LogP contribution in [0.1, 0.15) is 64.2 Å². The highest BCUT2D eigenvalue weighted by Gasteiger charge is 2.29. The van der Waals surface area contributed by atoms with E-state index >= 15 is 0 Å². The summed E-state index contributed by atoms with van der Waals surface area (Å²) in [6.07, 6.45) is 9.65. The van der Waals surface area contributed by atoms with Crippen LogP contribution < -0.4 is 9.62 Å². The fraction of sp³-hybridized carbons (Fsp3) is 0.167. The molecule has 4 aromatic carbocycles. The van der Waals surface area contributed by atoms with Gasteiger partial charge < -0.3 is 9.84 Å². The number of hydrogen-bond donors (Lipinski definition) is 1. The number of rotatable bonds is 11. The Bertz CT molecular complexity index is 2210. The van der Waals surface area contributed by atoms with Crippen LogP contribution in [0.25, 0.3) is 11.1 Å². The van der Waals surface area contributed by atoms with Crippen molar-refractivity contribution >= 4 is 41.2 Å². The van der Waals surface area contributed by atoms with Crippen molar-refractivity contribution in [3.63, 3.8) is 0 Å². The highest BCUT2D eigenvalue weighted by Crippen LogP contribution is 2.44. The molecule has 1 atom stereocenters. The fourth-order valence-corrected chi connectivity index (χ4v) is 7.31. The Morgan fingerprint density at radius 1 is 0.922 bits per heavy atom. The molecule has 4 aromatic rings. The zero-order valence-electron chi connectivity index (χ0n) is 28.7. The highest BCUT2D eigenvalue weighted by atomic mass is 32.2. The van der Waals surface area contributed by atoms with E-state index in [1.807, 2.05) is 101 Å². The summed E-state index contributed by atoms with van der Waals surface area (Å²) in [5.74, 6) is 8.57. The normalized spacial score (nSPS) is 12.5. The molecule has 256 valence electrons. The summed E-state index contributed by atoms with van der Waals surface area (Å²) < 4.78 is 5.35. The van der Waals surface area contributed by atoms with Gasteiger partial charge in [0.15, 0.2) is 18.1 Å². The number of aliphatic carboxylic acids is 1. The van der Waals surface area contributed by atoms with E-state index in [1.54, 1.807) is 12.1 Å². The van der Waals surface area contributed by atoms with Crippen molar-refractivity contribution in [3.05, 3.63) is 129 Å². The third-order valence-electron chi connectivity index (χ3n) is 7.80. The third kappa shape index (κ3) is 8.95. The van der Waals surface area contributed by atoms with E-state index < -0.39 is 18.5 Å². The van der Waals surface area contributed by atoms with Crippen molar-refractivity contribution in [2.24, 2.45) is 0 Å². The second-order valence-corrected chi connectivity index (χ2v) is 13.9. The standard InChI is InChI=1S/C42H34O7S2/c1-7-25(3)20-39(51-33-15-12-26(4)38(23-33)49-48-28(6)43)30-14-18-34-36(22-30)42(46)35-11-9-10-29(41(34)35)13-16-31(8-2)50-32-17-19-37(27(5)21-32)47-24-40(44)45/h1,8-12,14-15,17-23,39H,24H2,2-6H3,(H,44,45)/b25-20+,31-8+. The minimum absolute atomic E-state index is 0.0689. The van der Waals surface area contributed by atoms with Crippen LogP contribution >= 0.6 is 23.5 Å². The number of fused-ring (bicyclic) bond motifs is 3. The number of ether oxygens (including phenoxy) is 1. The van der Waals surface area contributed by atoms with Crippen LogP contribution in [0.4, 0.5) is 0 Å². The number of hydrogen-bond acceptors (Lipinski definition) is 8. The second kappa shape index (κ2) is 16.4. The first-order valence-electron chi connectivity index (χ1n) is 15.9. The zero-order valence-corrected chi connectivity index (χ0v) is 30.3. The lowest BCUT2D eigenvalue weighted by Gasteiger charge is -2.16. The summed E-state index contributed by atoms with van der Waals surface area (Å²) in [7, 11) is 0. The number of thioether (sulfide) groups is 2. The molecular weight excluding hydrogens is 681 g/mol. The number of terminal acetylenes is 1. The average molecular weight is 715 g/mol. The minimum Gasteiger partial charge on any atom is -0.482 e. The number of benzene rings is 4. The Hall–Kier alpha value is -5.61. The molecule has 7 nitrogen and oxygen atoms in total. The van der Waals surface area contributed by atoms with E-state index in [9.17, 15) is 14.4 Å². The van der Waals surface area contributed by atoms with Crippen LogP contribution in [0, 0.1) is 38.0 Å². The molecule has 5 rings (SSSR count). The van der Waals surface area contributed by atoms with Crippen LogP contribution in [-0.4, -0.2) is 29.4 Å². The van der Waals surface area contributed by atoms with Gasteiger partial charge in [0, 0.05) is 39.0 Å². The summed E-state index contributed by atoms with van der Waals surface area (Å²) in [5, 5.41) is 8.69. The van der Waals surface area contributed by atoms with E-state index in [2.05, 4.69) is 17.8 Å². The van der Waals surface area contributed by atoms with Crippen molar-refractivity contribution in [2.75, 3.05) is 6.61 Å². The van der Waals surface area contributed by atoms with Crippen LogP contribution in [0.3, 0.4) is 0 Å². The van der Waals surface area contributed by atoms with Gasteiger partial charge in [-0.1, -0.05) is 72.0 Å². The van der Waals surface area contributed by atoms with E-state index in [4.69, 9.17) is 26.0 Å². The number of ketones is 1. The fourth-order valence-electron chi connectivity index (χ4n) is 5.29. The molecule has 0 fully saturated rings. The van der Waals surface area contributed by atoms with E-state index in [-0.39, 0.29) is 11.0 Å². The predicted octanol–water partition coefficient (Wildman–Crippen LogP) is 9.30. The maximum Gasteiger partial charge on any atom is 0.352 e. The summed E-state index contributed by atoms with van der Waals surface area (Å²) in [6.45, 7) is 8.37. The minimum atomic E-state index is -1.03. The summed E-state index contributed by atoms with van der Waals surface area (Å²) in [5.41, 5.74) is 6.84. The van der Waals surface area contributed by atoms with Crippen molar-refractivity contribution in [1.82, 2.24) is 0 Å². The lowest BCUT2D eigenvalue weighted by atomic mass is 9.98. The Kier molecular flexibility index (Phi) is 11.8. The SMILES string of the molecule is C#C/C(C)=C/C(Sc1ccc(C)c(OOC(C)=O)c1)c1ccc2c(c1)C(=O)c1cccc(C#C/C(=C\C)Sc3ccc(OCC(=O)O)c(C)c3)c1-2. The smallest absolute Gasteiger partial charge is 0.352 e. The molecule has 51 heavy (non-hydrogen) atoms. The van der Waals surface area contributed by atoms with Gasteiger partial charge in [-0.05, 0) is 98.0 Å². The summed E-state index contributed by atoms with van der Waals surface area (Å²) in [6, 6.07) is 22.7. The number of carbonyl (C=O) groups is 3. The van der Waals surface area contributed by atoms with Crippen molar-refractivity contribution in [2.45, 2.75) is 49.7 Å². The predicted molar refractivity (Wildman–Crippen MR) is 201 cm³/mol. The molecule has 0 heterocycles. The van der Waals surface area contributed by atoms with Gasteiger partial charge in [-0.25, -0.2) is 9.59 Å². The van der Waals surface area contributed by atoms with Gasteiger partial charge >= 0.3 is 11.9 Å². The molecule has 0 radical (unpaired) electrons. The number of carbonyl (C=O) groups excluding carboxylic acids is 2. The molecule has 0 aliphatic heterocycles. The lowest BCUT2D eigenvalue weighted by molar-refractivity contribution is -0.211. The second-order valence-electron chi connectivity index (χ2n) is 11.6. The summed E-state index contributed by atoms with van der Waals surface area (Å²) >= 11 is 3.02. The zero-order chi connectivity index (χ0) is 36.7. The molecular formula is C42H34O7S2. The molecule has 0 aromatic heterocycles. The van der Waals surface area contributed by atoms with Crippen LogP contribution in [0.5, 0.6) is 11.5 Å². The molecule has 0 saturated heterocycles. The van der Waals surface area contributed by atoms with E-state index in [0.717, 1.165) is 53.6 Å². The van der Waals surface area contributed by atoms with Gasteiger partial charge in [-0.3, -0.25) is 14.6 Å². The van der Waals surface area contributed by atoms with Gasteiger partial charge in [-0.2, -0.15) is 0 Å². The molecule has 0 saturated carbocycles. The Morgan fingerprint density at radius 2 is 1.71 bits per heavy atom. The van der Waals surface area contributed by atoms with E-state index in [0.29, 0.717) is 22.6 Å².